The highest BCUT2D eigenvalue weighted by Gasteiger charge is 2.54. The van der Waals surface area contributed by atoms with Crippen LogP contribution in [0.25, 0.3) is 0 Å². The van der Waals surface area contributed by atoms with Gasteiger partial charge in [-0.25, -0.2) is 9.78 Å². The van der Waals surface area contributed by atoms with Crippen molar-refractivity contribution >= 4 is 51.7 Å². The minimum Gasteiger partial charge on any atom is -0.857 e. The number of likely N-dealkylation sites (N-methyl/N-ethyl adjacent to an activating group) is 1. The summed E-state index contributed by atoms with van der Waals surface area (Å²) in [5, 5.41) is 18.3. The second-order valence-corrected chi connectivity index (χ2v) is 14.4. The SMILES string of the molecule is CO/N=C(\C([O-])=N[C@@H]1C(=O)N2C(C(=O)OCc3ccc(OC)cc3)=C(C[N+](C)(C)C3CCCc4ccccc43)CSC12)c1csc(N)n1. The highest BCUT2D eigenvalue weighted by Crippen LogP contribution is 2.44. The zero-order valence-electron chi connectivity index (χ0n) is 27.3. The molecule has 252 valence electrons. The Hall–Kier alpha value is -4.40. The number of thioether (sulfide) groups is 1. The highest BCUT2D eigenvalue weighted by molar-refractivity contribution is 8.00. The molecule has 2 N–H and O–H groups in total. The summed E-state index contributed by atoms with van der Waals surface area (Å²) in [4.78, 5) is 42.4. The number of nitrogen functional groups attached to an aromatic ring is 1. The Morgan fingerprint density at radius 2 is 1.94 bits per heavy atom. The Morgan fingerprint density at radius 1 is 1.17 bits per heavy atom. The largest absolute Gasteiger partial charge is 0.857 e. The number of β-lactam (4-membered cyclic amide) rings is 1. The standard InChI is InChI=1S/C34H38N6O6S2/c1-40(2,26-11-7-9-21-8-5-6-10-24(21)26)16-22-18-47-32-28(37-30(41)27(38-45-4)25-19-48-34(35)36-25)31(42)39(32)29(22)33(43)46-17-20-12-14-23(44-3)15-13-20/h5-6,8,10,12-15,19,26,28,32H,7,9,11,16-18H2,1-4H3,(H2-,35,36,37,41)/b38-27-/t26?,28-,32?/m1/s1. The van der Waals surface area contributed by atoms with E-state index >= 15 is 0 Å². The molecule has 1 saturated heterocycles. The van der Waals surface area contributed by atoms with Crippen LogP contribution in [0, 0.1) is 0 Å². The fraction of sp³-hybridized carbons (Fsp3) is 0.382. The zero-order chi connectivity index (χ0) is 34.0. The third kappa shape index (κ3) is 6.64. The molecule has 2 aliphatic heterocycles. The summed E-state index contributed by atoms with van der Waals surface area (Å²) >= 11 is 2.62. The maximum Gasteiger partial charge on any atom is 0.355 e. The van der Waals surface area contributed by atoms with Crippen molar-refractivity contribution in [2.75, 3.05) is 46.3 Å². The number of nitrogens with zero attached hydrogens (tertiary/aromatic N) is 5. The number of aryl methyl sites for hydroxylation is 1. The van der Waals surface area contributed by atoms with Crippen molar-refractivity contribution in [1.82, 2.24) is 9.88 Å². The van der Waals surface area contributed by atoms with Crippen LogP contribution >= 0.6 is 23.1 Å². The van der Waals surface area contributed by atoms with Crippen LogP contribution < -0.4 is 15.6 Å². The van der Waals surface area contributed by atoms with Gasteiger partial charge in [-0.05, 0) is 36.1 Å². The summed E-state index contributed by atoms with van der Waals surface area (Å²) in [7, 11) is 7.24. The Balaban J connectivity index is 1.30. The molecule has 3 aromatic rings. The second-order valence-electron chi connectivity index (χ2n) is 12.4. The molecule has 14 heteroatoms. The van der Waals surface area contributed by atoms with Gasteiger partial charge in [0.2, 0.25) is 0 Å². The lowest BCUT2D eigenvalue weighted by atomic mass is 9.85. The number of ether oxygens (including phenoxy) is 2. The van der Waals surface area contributed by atoms with Crippen molar-refractivity contribution < 1.29 is 33.5 Å². The molecule has 12 nitrogen and oxygen atoms in total. The minimum absolute atomic E-state index is 0.0214. The van der Waals surface area contributed by atoms with Gasteiger partial charge in [0.15, 0.2) is 11.2 Å². The van der Waals surface area contributed by atoms with Crippen molar-refractivity contribution in [1.29, 1.82) is 0 Å². The van der Waals surface area contributed by atoms with Crippen LogP contribution in [0.15, 0.2) is 75.3 Å². The molecule has 3 heterocycles. The number of carbonyl (C=O) groups excluding carboxylic acids is 2. The molecule has 3 aliphatic rings. The van der Waals surface area contributed by atoms with Crippen LogP contribution in [-0.4, -0.2) is 89.9 Å². The van der Waals surface area contributed by atoms with E-state index in [2.05, 4.69) is 53.5 Å². The molecule has 3 atom stereocenters. The molecular weight excluding hydrogens is 653 g/mol. The number of nitrogens with two attached hydrogens (primary N) is 1. The molecule has 1 fully saturated rings. The first kappa shape index (κ1) is 33.5. The van der Waals surface area contributed by atoms with Crippen LogP contribution in [0.1, 0.15) is 41.3 Å². The zero-order valence-corrected chi connectivity index (χ0v) is 28.9. The number of thiazole rings is 1. The molecule has 6 rings (SSSR count). The number of anilines is 1. The van der Waals surface area contributed by atoms with Crippen molar-refractivity contribution in [3.8, 4) is 5.75 Å². The van der Waals surface area contributed by atoms with E-state index in [-0.39, 0.29) is 34.9 Å². The molecular formula is C34H38N6O6S2. The van der Waals surface area contributed by atoms with Crippen molar-refractivity contribution in [2.24, 2.45) is 10.1 Å². The van der Waals surface area contributed by atoms with Gasteiger partial charge in [0.1, 0.15) is 54.5 Å². The van der Waals surface area contributed by atoms with Gasteiger partial charge in [0.25, 0.3) is 5.91 Å². The monoisotopic (exact) mass is 690 g/mol. The van der Waals surface area contributed by atoms with Crippen LogP contribution in [0.5, 0.6) is 5.75 Å². The summed E-state index contributed by atoms with van der Waals surface area (Å²) in [5.74, 6) is -0.642. The van der Waals surface area contributed by atoms with Crippen LogP contribution in [0.4, 0.5) is 5.13 Å². The number of oxime groups is 1. The molecule has 1 amide bonds. The first-order valence-corrected chi connectivity index (χ1v) is 17.5. The smallest absolute Gasteiger partial charge is 0.355 e. The molecule has 1 aromatic heterocycles. The number of methoxy groups -OCH3 is 1. The van der Waals surface area contributed by atoms with Gasteiger partial charge in [-0.1, -0.05) is 41.6 Å². The van der Waals surface area contributed by atoms with Gasteiger partial charge in [-0.2, -0.15) is 0 Å². The first-order valence-electron chi connectivity index (χ1n) is 15.6. The summed E-state index contributed by atoms with van der Waals surface area (Å²) in [5.41, 5.74) is 10.3. The summed E-state index contributed by atoms with van der Waals surface area (Å²) < 4.78 is 11.7. The molecule has 1 aliphatic carbocycles. The minimum atomic E-state index is -1.01. The van der Waals surface area contributed by atoms with E-state index in [1.165, 1.54) is 34.9 Å². The highest BCUT2D eigenvalue weighted by atomic mass is 32.2. The van der Waals surface area contributed by atoms with E-state index in [1.54, 1.807) is 24.6 Å². The Morgan fingerprint density at radius 3 is 2.65 bits per heavy atom. The maximum absolute atomic E-state index is 13.9. The number of amides is 1. The number of benzene rings is 2. The van der Waals surface area contributed by atoms with Crippen molar-refractivity contribution in [2.45, 2.75) is 43.3 Å². The molecule has 2 unspecified atom stereocenters. The van der Waals surface area contributed by atoms with Gasteiger partial charge < -0.3 is 29.6 Å². The first-order chi connectivity index (χ1) is 23.1. The van der Waals surface area contributed by atoms with Gasteiger partial charge in [-0.15, -0.1) is 23.1 Å². The fourth-order valence-corrected chi connectivity index (χ4v) is 8.49. The Kier molecular flexibility index (Phi) is 9.76. The Bertz CT molecular complexity index is 1790. The fourth-order valence-electron chi connectivity index (χ4n) is 6.62. The molecule has 0 spiro atoms. The van der Waals surface area contributed by atoms with Crippen LogP contribution in [0.2, 0.25) is 0 Å². The van der Waals surface area contributed by atoms with E-state index < -0.39 is 29.2 Å². The number of aliphatic imine (C=N–C) groups is 1. The second kappa shape index (κ2) is 14.0. The van der Waals surface area contributed by atoms with Gasteiger partial charge in [0, 0.05) is 34.6 Å². The molecule has 0 bridgehead atoms. The van der Waals surface area contributed by atoms with Crippen LogP contribution in [0.3, 0.4) is 0 Å². The number of rotatable bonds is 11. The number of quaternary nitrogens is 1. The van der Waals surface area contributed by atoms with E-state index in [0.717, 1.165) is 41.7 Å². The summed E-state index contributed by atoms with van der Waals surface area (Å²) in [6, 6.07) is 15.0. The summed E-state index contributed by atoms with van der Waals surface area (Å²) in [6.45, 7) is 0.555. The summed E-state index contributed by atoms with van der Waals surface area (Å²) in [6.07, 6.45) is 3.15. The van der Waals surface area contributed by atoms with E-state index in [9.17, 15) is 14.7 Å². The van der Waals surface area contributed by atoms with E-state index in [1.807, 2.05) is 12.1 Å². The normalized spacial score (nSPS) is 21.3. The molecule has 48 heavy (non-hydrogen) atoms. The molecule has 2 aromatic carbocycles. The third-order valence-electron chi connectivity index (χ3n) is 8.93. The number of fused-ring (bicyclic) bond motifs is 2. The number of carbonyl (C=O) groups is 2. The lowest BCUT2D eigenvalue weighted by Gasteiger charge is -2.49. The third-order valence-corrected chi connectivity index (χ3v) is 10.9. The van der Waals surface area contributed by atoms with Crippen molar-refractivity contribution in [3.05, 3.63) is 87.6 Å². The quantitative estimate of drug-likeness (QED) is 0.0798. The Labute approximate surface area is 287 Å². The number of aromatic nitrogens is 1. The van der Waals surface area contributed by atoms with Crippen molar-refractivity contribution in [3.63, 3.8) is 0 Å². The van der Waals surface area contributed by atoms with E-state index in [4.69, 9.17) is 20.0 Å². The lowest BCUT2D eigenvalue weighted by Crippen LogP contribution is -2.65. The van der Waals surface area contributed by atoms with Crippen LogP contribution in [-0.2, 0) is 32.2 Å². The maximum atomic E-state index is 13.9. The average Bonchev–Trinajstić information content (AvgIpc) is 3.53. The number of hydrogen-bond acceptors (Lipinski definition) is 12. The lowest BCUT2D eigenvalue weighted by molar-refractivity contribution is -0.917. The van der Waals surface area contributed by atoms with Gasteiger partial charge >= 0.3 is 5.97 Å². The molecule has 0 radical (unpaired) electrons. The average molecular weight is 691 g/mol. The van der Waals surface area contributed by atoms with E-state index in [0.29, 0.717) is 22.5 Å². The predicted molar refractivity (Wildman–Crippen MR) is 183 cm³/mol. The number of esters is 1. The topological polar surface area (TPSA) is 152 Å². The molecule has 0 saturated carbocycles. The number of hydrogen-bond donors (Lipinski definition) is 1. The predicted octanol–water partition coefficient (Wildman–Crippen LogP) is 3.28. The van der Waals surface area contributed by atoms with Gasteiger partial charge in [-0.3, -0.25) is 14.7 Å². The van der Waals surface area contributed by atoms with Gasteiger partial charge in [0.05, 0.1) is 21.2 Å².